The molecule has 0 radical (unpaired) electrons. The highest BCUT2D eigenvalue weighted by Gasteiger charge is 2.26. The maximum atomic E-state index is 11.9. The number of thioether (sulfide) groups is 1. The Bertz CT molecular complexity index is 355. The van der Waals surface area contributed by atoms with Crippen LogP contribution in [0.3, 0.4) is 0 Å². The lowest BCUT2D eigenvalue weighted by Gasteiger charge is -2.30. The number of hydrogen-bond acceptors (Lipinski definition) is 3. The van der Waals surface area contributed by atoms with Gasteiger partial charge in [0.25, 0.3) is 0 Å². The number of rotatable bonds is 7. The van der Waals surface area contributed by atoms with Crippen LogP contribution in [0.4, 0.5) is 0 Å². The van der Waals surface area contributed by atoms with Crippen LogP contribution in [0.5, 0.6) is 0 Å². The number of carbonyl (C=O) groups excluding carboxylic acids is 1. The fourth-order valence-corrected chi connectivity index (χ4v) is 2.41. The third-order valence-electron chi connectivity index (χ3n) is 3.17. The van der Waals surface area contributed by atoms with Crippen LogP contribution in [0, 0.1) is 0 Å². The van der Waals surface area contributed by atoms with E-state index in [1.807, 2.05) is 44.2 Å². The zero-order valence-electron chi connectivity index (χ0n) is 11.0. The molecule has 1 aromatic rings. The van der Waals surface area contributed by atoms with Crippen LogP contribution in [0.25, 0.3) is 0 Å². The Morgan fingerprint density at radius 3 is 2.39 bits per heavy atom. The minimum absolute atomic E-state index is 0.0122. The number of nitrogens with one attached hydrogen (secondary N) is 1. The SMILES string of the molecule is CCC(CC)(CO)NC(=O)CSc1ccccc1. The van der Waals surface area contributed by atoms with Gasteiger partial charge in [-0.05, 0) is 25.0 Å². The van der Waals surface area contributed by atoms with Gasteiger partial charge in [-0.15, -0.1) is 11.8 Å². The lowest BCUT2D eigenvalue weighted by Crippen LogP contribution is -2.51. The zero-order valence-corrected chi connectivity index (χ0v) is 11.8. The highest BCUT2D eigenvalue weighted by Crippen LogP contribution is 2.18. The molecule has 0 heterocycles. The number of aliphatic hydroxyl groups excluding tert-OH is 1. The molecular formula is C14H21NO2S. The Hall–Kier alpha value is -1.00. The van der Waals surface area contributed by atoms with Gasteiger partial charge in [-0.2, -0.15) is 0 Å². The first-order valence-electron chi connectivity index (χ1n) is 6.25. The second-order valence-electron chi connectivity index (χ2n) is 4.30. The molecule has 0 unspecified atom stereocenters. The maximum absolute atomic E-state index is 11.9. The quantitative estimate of drug-likeness (QED) is 0.746. The van der Waals surface area contributed by atoms with E-state index in [1.54, 1.807) is 0 Å². The summed E-state index contributed by atoms with van der Waals surface area (Å²) in [4.78, 5) is 12.9. The molecule has 0 bridgehead atoms. The van der Waals surface area contributed by atoms with Crippen molar-refractivity contribution in [2.45, 2.75) is 37.1 Å². The number of carbonyl (C=O) groups is 1. The molecule has 0 aliphatic carbocycles. The lowest BCUT2D eigenvalue weighted by molar-refractivity contribution is -0.121. The first kappa shape index (κ1) is 15.1. The van der Waals surface area contributed by atoms with Gasteiger partial charge in [0.1, 0.15) is 0 Å². The molecule has 18 heavy (non-hydrogen) atoms. The molecule has 0 fully saturated rings. The molecule has 0 aliphatic heterocycles. The molecule has 0 saturated carbocycles. The van der Waals surface area contributed by atoms with Crippen molar-refractivity contribution in [2.75, 3.05) is 12.4 Å². The van der Waals surface area contributed by atoms with Gasteiger partial charge in [0, 0.05) is 4.90 Å². The van der Waals surface area contributed by atoms with Crippen molar-refractivity contribution in [3.63, 3.8) is 0 Å². The Morgan fingerprint density at radius 1 is 1.28 bits per heavy atom. The number of amides is 1. The van der Waals surface area contributed by atoms with Crippen LogP contribution >= 0.6 is 11.8 Å². The van der Waals surface area contributed by atoms with Crippen molar-refractivity contribution in [3.05, 3.63) is 30.3 Å². The van der Waals surface area contributed by atoms with E-state index in [2.05, 4.69) is 5.32 Å². The predicted molar refractivity (Wildman–Crippen MR) is 75.7 cm³/mol. The van der Waals surface area contributed by atoms with E-state index in [0.29, 0.717) is 5.75 Å². The van der Waals surface area contributed by atoms with Crippen molar-refractivity contribution in [3.8, 4) is 0 Å². The summed E-state index contributed by atoms with van der Waals surface area (Å²) in [5, 5.41) is 12.3. The van der Waals surface area contributed by atoms with Crippen LogP contribution in [0.15, 0.2) is 35.2 Å². The number of benzene rings is 1. The fraction of sp³-hybridized carbons (Fsp3) is 0.500. The molecule has 3 nitrogen and oxygen atoms in total. The molecule has 1 amide bonds. The average molecular weight is 267 g/mol. The summed E-state index contributed by atoms with van der Waals surface area (Å²) in [5.74, 6) is 0.354. The maximum Gasteiger partial charge on any atom is 0.230 e. The van der Waals surface area contributed by atoms with E-state index < -0.39 is 5.54 Å². The van der Waals surface area contributed by atoms with Crippen molar-refractivity contribution in [1.82, 2.24) is 5.32 Å². The second kappa shape index (κ2) is 7.44. The minimum atomic E-state index is -0.464. The Kier molecular flexibility index (Phi) is 6.22. The van der Waals surface area contributed by atoms with Crippen LogP contribution in [-0.4, -0.2) is 28.9 Å². The second-order valence-corrected chi connectivity index (χ2v) is 5.34. The van der Waals surface area contributed by atoms with E-state index in [4.69, 9.17) is 0 Å². The summed E-state index contributed by atoms with van der Waals surface area (Å²) in [6.45, 7) is 3.94. The Morgan fingerprint density at radius 2 is 1.89 bits per heavy atom. The summed E-state index contributed by atoms with van der Waals surface area (Å²) in [6, 6.07) is 9.83. The van der Waals surface area contributed by atoms with Gasteiger partial charge in [0.05, 0.1) is 17.9 Å². The van der Waals surface area contributed by atoms with Crippen LogP contribution in [0.2, 0.25) is 0 Å². The molecular weight excluding hydrogens is 246 g/mol. The number of aliphatic hydroxyl groups is 1. The molecule has 2 N–H and O–H groups in total. The lowest BCUT2D eigenvalue weighted by atomic mass is 9.94. The van der Waals surface area contributed by atoms with Gasteiger partial charge in [-0.3, -0.25) is 4.79 Å². The highest BCUT2D eigenvalue weighted by molar-refractivity contribution is 8.00. The third kappa shape index (κ3) is 4.35. The standard InChI is InChI=1S/C14H21NO2S/c1-3-14(4-2,11-16)15-13(17)10-18-12-8-6-5-7-9-12/h5-9,16H,3-4,10-11H2,1-2H3,(H,15,17). The zero-order chi connectivity index (χ0) is 13.4. The first-order valence-corrected chi connectivity index (χ1v) is 7.24. The fourth-order valence-electron chi connectivity index (χ4n) is 1.69. The number of hydrogen-bond donors (Lipinski definition) is 2. The molecule has 1 rings (SSSR count). The molecule has 0 saturated heterocycles. The summed E-state index contributed by atoms with van der Waals surface area (Å²) < 4.78 is 0. The summed E-state index contributed by atoms with van der Waals surface area (Å²) in [7, 11) is 0. The van der Waals surface area contributed by atoms with Gasteiger partial charge in [0.2, 0.25) is 5.91 Å². The van der Waals surface area contributed by atoms with Gasteiger partial charge >= 0.3 is 0 Å². The van der Waals surface area contributed by atoms with Crippen LogP contribution < -0.4 is 5.32 Å². The van der Waals surface area contributed by atoms with Crippen molar-refractivity contribution in [1.29, 1.82) is 0 Å². The van der Waals surface area contributed by atoms with Crippen molar-refractivity contribution < 1.29 is 9.90 Å². The molecule has 0 aliphatic rings. The Balaban J connectivity index is 2.46. The molecule has 4 heteroatoms. The Labute approximate surface area is 113 Å². The molecule has 0 aromatic heterocycles. The van der Waals surface area contributed by atoms with Crippen molar-refractivity contribution >= 4 is 17.7 Å². The molecule has 100 valence electrons. The van der Waals surface area contributed by atoms with Crippen molar-refractivity contribution in [2.24, 2.45) is 0 Å². The largest absolute Gasteiger partial charge is 0.394 e. The van der Waals surface area contributed by atoms with E-state index >= 15 is 0 Å². The average Bonchev–Trinajstić information content (AvgIpc) is 2.44. The highest BCUT2D eigenvalue weighted by atomic mass is 32.2. The summed E-state index contributed by atoms with van der Waals surface area (Å²) in [6.07, 6.45) is 1.48. The molecule has 0 atom stereocenters. The first-order chi connectivity index (χ1) is 8.65. The molecule has 0 spiro atoms. The smallest absolute Gasteiger partial charge is 0.230 e. The van der Waals surface area contributed by atoms with E-state index in [0.717, 1.165) is 17.7 Å². The molecule has 1 aromatic carbocycles. The van der Waals surface area contributed by atoms with Gasteiger partial charge in [-0.1, -0.05) is 32.0 Å². The van der Waals surface area contributed by atoms with Crippen LogP contribution in [0.1, 0.15) is 26.7 Å². The third-order valence-corrected chi connectivity index (χ3v) is 4.19. The monoisotopic (exact) mass is 267 g/mol. The van der Waals surface area contributed by atoms with E-state index in [1.165, 1.54) is 11.8 Å². The van der Waals surface area contributed by atoms with E-state index in [9.17, 15) is 9.90 Å². The minimum Gasteiger partial charge on any atom is -0.394 e. The van der Waals surface area contributed by atoms with E-state index in [-0.39, 0.29) is 12.5 Å². The van der Waals surface area contributed by atoms with Crippen LogP contribution in [-0.2, 0) is 4.79 Å². The van der Waals surface area contributed by atoms with Gasteiger partial charge in [-0.25, -0.2) is 0 Å². The predicted octanol–water partition coefficient (Wildman–Crippen LogP) is 2.45. The summed E-state index contributed by atoms with van der Waals surface area (Å²) in [5.41, 5.74) is -0.464. The van der Waals surface area contributed by atoms with Gasteiger partial charge < -0.3 is 10.4 Å². The normalized spacial score (nSPS) is 11.3. The summed E-state index contributed by atoms with van der Waals surface area (Å²) >= 11 is 1.51. The van der Waals surface area contributed by atoms with Gasteiger partial charge in [0.15, 0.2) is 0 Å². The topological polar surface area (TPSA) is 49.3 Å².